The van der Waals surface area contributed by atoms with Crippen LogP contribution in [0, 0.1) is 6.92 Å². The zero-order valence-corrected chi connectivity index (χ0v) is 42.3. The van der Waals surface area contributed by atoms with Gasteiger partial charge >= 0.3 is 5.97 Å². The zero-order valence-electron chi connectivity index (χ0n) is 40.7. The number of rotatable bonds is 30. The Kier molecular flexibility index (Phi) is 23.8. The Hall–Kier alpha value is -6.66. The summed E-state index contributed by atoms with van der Waals surface area (Å²) in [6, 6.07) is 8.62. The summed E-state index contributed by atoms with van der Waals surface area (Å²) in [5.41, 5.74) is 14.7. The molecule has 1 saturated heterocycles. The van der Waals surface area contributed by atoms with Gasteiger partial charge in [-0.15, -0.1) is 23.5 Å². The van der Waals surface area contributed by atoms with E-state index in [0.29, 0.717) is 37.8 Å². The Balaban J connectivity index is 1.47. The molecule has 1 fully saturated rings. The number of nitrogens with two attached hydrogens (primary N) is 2. The van der Waals surface area contributed by atoms with E-state index in [-0.39, 0.29) is 66.8 Å². The molecule has 1 aromatic heterocycles. The number of benzene rings is 2. The van der Waals surface area contributed by atoms with Gasteiger partial charge < -0.3 is 63.7 Å². The molecular weight excluding hydrogens is 971 g/mol. The third-order valence-electron chi connectivity index (χ3n) is 11.6. The third kappa shape index (κ3) is 19.5. The van der Waals surface area contributed by atoms with Gasteiger partial charge in [-0.1, -0.05) is 48.0 Å². The Morgan fingerprint density at radius 3 is 2.15 bits per heavy atom. The van der Waals surface area contributed by atoms with E-state index in [1.165, 1.54) is 30.5 Å². The van der Waals surface area contributed by atoms with Gasteiger partial charge in [-0.2, -0.15) is 0 Å². The number of carboxylic acids is 1. The van der Waals surface area contributed by atoms with Gasteiger partial charge in [0.05, 0.1) is 24.7 Å². The number of nitrogens with one attached hydrogen (secondary N) is 8. The molecule has 392 valence electrons. The number of carbonyl (C=O) groups excluding carboxylic acids is 9. The number of aromatic amines is 1. The van der Waals surface area contributed by atoms with E-state index in [1.54, 1.807) is 24.4 Å². The van der Waals surface area contributed by atoms with Crippen molar-refractivity contribution in [2.75, 3.05) is 37.1 Å². The lowest BCUT2D eigenvalue weighted by Gasteiger charge is -2.30. The number of thioether (sulfide) groups is 2. The number of aliphatic carboxylic acids is 1. The fourth-order valence-corrected chi connectivity index (χ4v) is 9.88. The van der Waals surface area contributed by atoms with Crippen LogP contribution in [0.15, 0.2) is 54.7 Å². The summed E-state index contributed by atoms with van der Waals surface area (Å²) in [6.45, 7) is 4.40. The van der Waals surface area contributed by atoms with Crippen LogP contribution in [-0.2, 0) is 60.8 Å². The van der Waals surface area contributed by atoms with Crippen LogP contribution in [-0.4, -0.2) is 147 Å². The van der Waals surface area contributed by atoms with E-state index in [0.717, 1.165) is 33.8 Å². The average molecular weight is 1040 g/mol. The van der Waals surface area contributed by atoms with Crippen molar-refractivity contribution in [3.8, 4) is 0 Å². The average Bonchev–Trinajstić information content (AvgIpc) is 3.99. The van der Waals surface area contributed by atoms with Crippen molar-refractivity contribution >= 4 is 93.6 Å². The number of aryl methyl sites for hydroxylation is 1. The highest BCUT2D eigenvalue weighted by Crippen LogP contribution is 2.24. The molecule has 1 unspecified atom stereocenters. The number of hydrogen-bond acceptors (Lipinski definition) is 13. The molecule has 4 rings (SSSR count). The number of nitrogens with zero attached hydrogens (tertiary/aromatic N) is 1. The molecule has 13 N–H and O–H groups in total. The Labute approximate surface area is 426 Å². The van der Waals surface area contributed by atoms with E-state index in [1.807, 2.05) is 37.3 Å². The van der Waals surface area contributed by atoms with E-state index < -0.39 is 90.5 Å². The number of amides is 9. The van der Waals surface area contributed by atoms with Crippen LogP contribution in [0.5, 0.6) is 0 Å². The number of likely N-dealkylation sites (tertiary alicyclic amines) is 1. The van der Waals surface area contributed by atoms with Crippen molar-refractivity contribution in [1.29, 1.82) is 0 Å². The zero-order chi connectivity index (χ0) is 52.7. The number of fused-ring (bicyclic) bond motifs is 1. The molecule has 6 atom stereocenters. The number of para-hydroxylation sites is 1. The monoisotopic (exact) mass is 1040 g/mol. The molecule has 0 bridgehead atoms. The van der Waals surface area contributed by atoms with E-state index >= 15 is 0 Å². The number of aromatic nitrogens is 1. The van der Waals surface area contributed by atoms with Gasteiger partial charge in [-0.05, 0) is 69.2 Å². The molecule has 1 aliphatic heterocycles. The molecule has 24 heteroatoms. The number of unbranched alkanes of at least 4 members (excludes halogenated alkanes) is 1. The predicted octanol–water partition coefficient (Wildman–Crippen LogP) is -0.191. The standard InChI is InChI=1S/C48H67N11O11S2/c1-28-13-15-31(16-14-28)19-33(72-27-54-30(3)61)21-41(62)55-36(11-6-7-17-49)45(67)52-24-42(63)56-37(22-43(64)65)46(68)57-38(20-32-23-51-35-10-5-4-9-34(32)35)48(70)59-18-8-12-40(59)47(69)58-39(44(50)66)25-71-26-53-29(2)60/h4-5,9-10,13-16,23,33,36-40,51H,6-8,11-12,17-22,24-27,49H2,1-3H3,(H2,50,66)(H,52,67)(H,53,60)(H,54,61)(H,55,62)(H,56,63)(H,57,68)(H,58,69)(H,64,65)/t33?,36-,37-,38-,39-,40-/m0/s1. The highest BCUT2D eigenvalue weighted by Gasteiger charge is 2.40. The Bertz CT molecular complexity index is 2390. The third-order valence-corrected chi connectivity index (χ3v) is 13.6. The van der Waals surface area contributed by atoms with Crippen molar-refractivity contribution in [2.45, 2.75) is 114 Å². The fourth-order valence-electron chi connectivity index (χ4n) is 7.87. The molecule has 1 aliphatic rings. The molecule has 0 aliphatic carbocycles. The lowest BCUT2D eigenvalue weighted by atomic mass is 10.0. The molecule has 2 aromatic carbocycles. The second kappa shape index (κ2) is 29.6. The molecule has 22 nitrogen and oxygen atoms in total. The highest BCUT2D eigenvalue weighted by atomic mass is 32.2. The SMILES string of the molecule is CC(=O)NCSC[C@H](NC(=O)[C@@H]1CCCN1C(=O)[C@H](Cc1c[nH]c2ccccc12)NC(=O)[C@H](CC(=O)O)NC(=O)CNC(=O)[C@H](CCCCN)NC(=O)CC(Cc1ccc(C)cc1)SCNC(C)=O)C(N)=O. The molecule has 3 aromatic rings. The topological polar surface area (TPSA) is 346 Å². The highest BCUT2D eigenvalue weighted by molar-refractivity contribution is 8.00. The fraction of sp³-hybridized carbons (Fsp3) is 0.500. The van der Waals surface area contributed by atoms with Crippen LogP contribution >= 0.6 is 23.5 Å². The molecule has 0 saturated carbocycles. The summed E-state index contributed by atoms with van der Waals surface area (Å²) >= 11 is 2.53. The van der Waals surface area contributed by atoms with Crippen molar-refractivity contribution in [3.05, 3.63) is 71.4 Å². The summed E-state index contributed by atoms with van der Waals surface area (Å²) in [5.74, 6) is -6.84. The van der Waals surface area contributed by atoms with Crippen LogP contribution in [0.1, 0.15) is 75.5 Å². The van der Waals surface area contributed by atoms with Crippen LogP contribution in [0.4, 0.5) is 0 Å². The number of hydrogen-bond donors (Lipinski definition) is 11. The second-order valence-corrected chi connectivity index (χ2v) is 19.7. The Morgan fingerprint density at radius 1 is 0.778 bits per heavy atom. The molecule has 9 amide bonds. The lowest BCUT2D eigenvalue weighted by Crippen LogP contribution is -2.59. The second-order valence-electron chi connectivity index (χ2n) is 17.4. The summed E-state index contributed by atoms with van der Waals surface area (Å²) in [4.78, 5) is 134. The van der Waals surface area contributed by atoms with Gasteiger partial charge in [0.2, 0.25) is 53.2 Å². The summed E-state index contributed by atoms with van der Waals surface area (Å²) in [7, 11) is 0. The van der Waals surface area contributed by atoms with Crippen molar-refractivity contribution in [2.24, 2.45) is 11.5 Å². The van der Waals surface area contributed by atoms with E-state index in [2.05, 4.69) is 42.2 Å². The first-order valence-corrected chi connectivity index (χ1v) is 25.8. The number of primary amides is 1. The minimum absolute atomic E-state index is 0.00218. The van der Waals surface area contributed by atoms with Crippen LogP contribution < -0.4 is 48.7 Å². The first-order chi connectivity index (χ1) is 34.3. The van der Waals surface area contributed by atoms with E-state index in [9.17, 15) is 53.1 Å². The first kappa shape index (κ1) is 57.9. The van der Waals surface area contributed by atoms with Gasteiger partial charge in [-0.3, -0.25) is 47.9 Å². The Morgan fingerprint density at radius 2 is 1.47 bits per heavy atom. The van der Waals surface area contributed by atoms with Gasteiger partial charge in [0.15, 0.2) is 0 Å². The number of carboxylic acid groups (broad SMARTS) is 1. The summed E-state index contributed by atoms with van der Waals surface area (Å²) in [6.07, 6.45) is 2.91. The molecule has 2 heterocycles. The smallest absolute Gasteiger partial charge is 0.305 e. The quantitative estimate of drug-likeness (QED) is 0.0305. The minimum atomic E-state index is -1.74. The molecule has 0 radical (unpaired) electrons. The first-order valence-electron chi connectivity index (χ1n) is 23.6. The summed E-state index contributed by atoms with van der Waals surface area (Å²) < 4.78 is 0. The maximum Gasteiger partial charge on any atom is 0.305 e. The predicted molar refractivity (Wildman–Crippen MR) is 273 cm³/mol. The van der Waals surface area contributed by atoms with E-state index in [4.69, 9.17) is 11.5 Å². The van der Waals surface area contributed by atoms with Crippen molar-refractivity contribution in [3.63, 3.8) is 0 Å². The van der Waals surface area contributed by atoms with Crippen LogP contribution in [0.25, 0.3) is 10.9 Å². The largest absolute Gasteiger partial charge is 0.481 e. The number of carbonyl (C=O) groups is 10. The molecule has 72 heavy (non-hydrogen) atoms. The van der Waals surface area contributed by atoms with Gasteiger partial charge in [0.1, 0.15) is 30.2 Å². The maximum absolute atomic E-state index is 14.5. The van der Waals surface area contributed by atoms with Gasteiger partial charge in [0.25, 0.3) is 0 Å². The number of H-pyrrole nitrogens is 1. The van der Waals surface area contributed by atoms with Crippen molar-refractivity contribution < 1.29 is 53.1 Å². The molecular formula is C48H67N11O11S2. The minimum Gasteiger partial charge on any atom is -0.481 e. The van der Waals surface area contributed by atoms with Gasteiger partial charge in [-0.25, -0.2) is 0 Å². The summed E-state index contributed by atoms with van der Waals surface area (Å²) in [5, 5.41) is 28.4. The molecule has 0 spiro atoms. The van der Waals surface area contributed by atoms with Crippen LogP contribution in [0.2, 0.25) is 0 Å². The normalized spacial score (nSPS) is 15.2. The lowest BCUT2D eigenvalue weighted by molar-refractivity contribution is -0.143. The maximum atomic E-state index is 14.5. The van der Waals surface area contributed by atoms with Gasteiger partial charge in [0, 0.05) is 61.3 Å². The van der Waals surface area contributed by atoms with Crippen molar-refractivity contribution in [1.82, 2.24) is 47.1 Å². The van der Waals surface area contributed by atoms with Crippen LogP contribution in [0.3, 0.4) is 0 Å².